The van der Waals surface area contributed by atoms with Crippen LogP contribution < -0.4 is 4.74 Å². The summed E-state index contributed by atoms with van der Waals surface area (Å²) in [6, 6.07) is 3.14. The molecule has 0 aliphatic rings. The molecule has 1 aromatic carbocycles. The number of rotatable bonds is 2. The first-order valence-electron chi connectivity index (χ1n) is 4.16. The maximum absolute atomic E-state index is 10.9. The van der Waals surface area contributed by atoms with Crippen LogP contribution in [0.3, 0.4) is 0 Å². The number of benzene rings is 1. The molecule has 15 heavy (non-hydrogen) atoms. The molecule has 0 aliphatic heterocycles. The summed E-state index contributed by atoms with van der Waals surface area (Å²) in [4.78, 5) is 10.4. The van der Waals surface area contributed by atoms with E-state index in [2.05, 4.69) is 10.3 Å². The van der Waals surface area contributed by atoms with E-state index >= 15 is 0 Å². The smallest absolute Gasteiger partial charge is 0.338 e. The Morgan fingerprint density at radius 1 is 1.53 bits per heavy atom. The van der Waals surface area contributed by atoms with Crippen LogP contribution in [0.4, 0.5) is 5.69 Å². The molecule has 0 spiro atoms. The average molecular weight is 208 g/mol. The molecule has 7 heteroatoms. The van der Waals surface area contributed by atoms with E-state index in [0.29, 0.717) is 11.0 Å². The SMILES string of the molecule is COc1ccc2nnn(C)c2c1[N+](=O)[O-]. The van der Waals surface area contributed by atoms with E-state index in [-0.39, 0.29) is 11.4 Å². The summed E-state index contributed by atoms with van der Waals surface area (Å²) < 4.78 is 6.29. The Kier molecular flexibility index (Phi) is 2.00. The monoisotopic (exact) mass is 208 g/mol. The highest BCUT2D eigenvalue weighted by Crippen LogP contribution is 2.33. The van der Waals surface area contributed by atoms with Gasteiger partial charge >= 0.3 is 5.69 Å². The van der Waals surface area contributed by atoms with Gasteiger partial charge in [-0.05, 0) is 12.1 Å². The first-order chi connectivity index (χ1) is 7.15. The van der Waals surface area contributed by atoms with Crippen LogP contribution in [0.5, 0.6) is 5.75 Å². The molecule has 2 aromatic rings. The first kappa shape index (κ1) is 9.38. The fourth-order valence-corrected chi connectivity index (χ4v) is 1.45. The van der Waals surface area contributed by atoms with E-state index in [9.17, 15) is 10.1 Å². The molecule has 0 bridgehead atoms. The first-order valence-corrected chi connectivity index (χ1v) is 4.16. The number of nitrogens with zero attached hydrogens (tertiary/aromatic N) is 4. The van der Waals surface area contributed by atoms with Crippen molar-refractivity contribution in [3.05, 3.63) is 22.2 Å². The highest BCUT2D eigenvalue weighted by atomic mass is 16.6. The number of nitro groups is 1. The molecular weight excluding hydrogens is 200 g/mol. The van der Waals surface area contributed by atoms with Gasteiger partial charge in [-0.3, -0.25) is 10.1 Å². The van der Waals surface area contributed by atoms with E-state index in [4.69, 9.17) is 4.74 Å². The second kappa shape index (κ2) is 3.19. The van der Waals surface area contributed by atoms with Crippen LogP contribution in [0.25, 0.3) is 11.0 Å². The fourth-order valence-electron chi connectivity index (χ4n) is 1.45. The van der Waals surface area contributed by atoms with Crippen LogP contribution in [0.1, 0.15) is 0 Å². The van der Waals surface area contributed by atoms with Crippen molar-refractivity contribution in [3.8, 4) is 5.75 Å². The Morgan fingerprint density at radius 2 is 2.27 bits per heavy atom. The van der Waals surface area contributed by atoms with Gasteiger partial charge in [0.1, 0.15) is 5.52 Å². The van der Waals surface area contributed by atoms with Crippen molar-refractivity contribution in [1.82, 2.24) is 15.0 Å². The molecule has 0 saturated heterocycles. The molecule has 0 radical (unpaired) electrons. The molecule has 78 valence electrons. The van der Waals surface area contributed by atoms with Crippen molar-refractivity contribution < 1.29 is 9.66 Å². The van der Waals surface area contributed by atoms with E-state index in [1.165, 1.54) is 17.9 Å². The van der Waals surface area contributed by atoms with E-state index in [1.54, 1.807) is 13.1 Å². The van der Waals surface area contributed by atoms with Gasteiger partial charge in [-0.15, -0.1) is 5.10 Å². The fraction of sp³-hybridized carbons (Fsp3) is 0.250. The third-order valence-corrected chi connectivity index (χ3v) is 2.11. The predicted molar refractivity (Wildman–Crippen MR) is 51.7 cm³/mol. The molecule has 0 aliphatic carbocycles. The van der Waals surface area contributed by atoms with Gasteiger partial charge in [0.15, 0.2) is 11.3 Å². The van der Waals surface area contributed by atoms with Gasteiger partial charge in [0.05, 0.1) is 12.0 Å². The second-order valence-electron chi connectivity index (χ2n) is 2.95. The third kappa shape index (κ3) is 1.28. The van der Waals surface area contributed by atoms with Crippen LogP contribution in [0, 0.1) is 10.1 Å². The lowest BCUT2D eigenvalue weighted by molar-refractivity contribution is -0.384. The lowest BCUT2D eigenvalue weighted by Crippen LogP contribution is -1.98. The third-order valence-electron chi connectivity index (χ3n) is 2.11. The van der Waals surface area contributed by atoms with Gasteiger partial charge in [0.2, 0.25) is 0 Å². The summed E-state index contributed by atoms with van der Waals surface area (Å²) in [7, 11) is 2.99. The maximum atomic E-state index is 10.9. The number of ether oxygens (including phenoxy) is 1. The topological polar surface area (TPSA) is 83.1 Å². The van der Waals surface area contributed by atoms with Gasteiger partial charge in [-0.25, -0.2) is 4.68 Å². The van der Waals surface area contributed by atoms with Crippen LogP contribution in [-0.2, 0) is 7.05 Å². The number of hydrogen-bond acceptors (Lipinski definition) is 5. The Morgan fingerprint density at radius 3 is 2.87 bits per heavy atom. The number of hydrogen-bond donors (Lipinski definition) is 0. The predicted octanol–water partition coefficient (Wildman–Crippen LogP) is 0.885. The van der Waals surface area contributed by atoms with Gasteiger partial charge in [-0.2, -0.15) is 0 Å². The highest BCUT2D eigenvalue weighted by molar-refractivity contribution is 5.87. The molecule has 1 heterocycles. The van der Waals surface area contributed by atoms with Gasteiger partial charge in [-0.1, -0.05) is 5.21 Å². The van der Waals surface area contributed by atoms with Crippen molar-refractivity contribution in [3.63, 3.8) is 0 Å². The minimum Gasteiger partial charge on any atom is -0.490 e. The summed E-state index contributed by atoms with van der Waals surface area (Å²) in [6.07, 6.45) is 0. The van der Waals surface area contributed by atoms with Crippen molar-refractivity contribution in [2.24, 2.45) is 7.05 Å². The molecule has 1 aromatic heterocycles. The Labute approximate surface area is 84.4 Å². The average Bonchev–Trinajstić information content (AvgIpc) is 2.59. The minimum absolute atomic E-state index is 0.109. The minimum atomic E-state index is -0.496. The van der Waals surface area contributed by atoms with Crippen LogP contribution in [0.2, 0.25) is 0 Å². The molecule has 0 N–H and O–H groups in total. The largest absolute Gasteiger partial charge is 0.490 e. The summed E-state index contributed by atoms with van der Waals surface area (Å²) in [5, 5.41) is 18.4. The van der Waals surface area contributed by atoms with E-state index in [1.807, 2.05) is 0 Å². The molecule has 2 rings (SSSR count). The van der Waals surface area contributed by atoms with Crippen LogP contribution in [-0.4, -0.2) is 27.0 Å². The van der Waals surface area contributed by atoms with Gasteiger partial charge in [0.25, 0.3) is 0 Å². The molecule has 0 atom stereocenters. The summed E-state index contributed by atoms with van der Waals surface area (Å²) in [6.45, 7) is 0. The van der Waals surface area contributed by atoms with Crippen LogP contribution in [0.15, 0.2) is 12.1 Å². The van der Waals surface area contributed by atoms with Crippen molar-refractivity contribution in [1.29, 1.82) is 0 Å². The molecule has 0 saturated carbocycles. The van der Waals surface area contributed by atoms with E-state index in [0.717, 1.165) is 0 Å². The van der Waals surface area contributed by atoms with Gasteiger partial charge < -0.3 is 4.74 Å². The lowest BCUT2D eigenvalue weighted by atomic mass is 10.2. The van der Waals surface area contributed by atoms with E-state index < -0.39 is 4.92 Å². The zero-order valence-electron chi connectivity index (χ0n) is 8.17. The number of aryl methyl sites for hydroxylation is 1. The number of methoxy groups -OCH3 is 1. The molecule has 0 amide bonds. The number of aromatic nitrogens is 3. The Bertz CT molecular complexity index is 534. The second-order valence-corrected chi connectivity index (χ2v) is 2.95. The van der Waals surface area contributed by atoms with Gasteiger partial charge in [0, 0.05) is 7.05 Å². The molecular formula is C8H8N4O3. The lowest BCUT2D eigenvalue weighted by Gasteiger charge is -2.01. The normalized spacial score (nSPS) is 10.5. The zero-order chi connectivity index (χ0) is 11.0. The maximum Gasteiger partial charge on any atom is 0.338 e. The van der Waals surface area contributed by atoms with Crippen molar-refractivity contribution in [2.75, 3.05) is 7.11 Å². The summed E-state index contributed by atoms with van der Waals surface area (Å²) in [5.41, 5.74) is 0.729. The highest BCUT2D eigenvalue weighted by Gasteiger charge is 2.22. The van der Waals surface area contributed by atoms with Crippen LogP contribution >= 0.6 is 0 Å². The Balaban J connectivity index is 2.89. The summed E-state index contributed by atoms with van der Waals surface area (Å²) >= 11 is 0. The summed E-state index contributed by atoms with van der Waals surface area (Å²) in [5.74, 6) is 0.206. The standard InChI is InChI=1S/C8H8N4O3/c1-11-7-5(9-10-11)3-4-6(15-2)8(7)12(13)14/h3-4H,1-2H3. The zero-order valence-corrected chi connectivity index (χ0v) is 8.17. The quantitative estimate of drug-likeness (QED) is 0.540. The molecule has 0 unspecified atom stereocenters. The molecule has 0 fully saturated rings. The van der Waals surface area contributed by atoms with Crippen molar-refractivity contribution >= 4 is 16.7 Å². The molecule has 7 nitrogen and oxygen atoms in total. The number of fused-ring (bicyclic) bond motifs is 1. The number of nitro benzene ring substituents is 1. The Hall–Kier alpha value is -2.18. The van der Waals surface area contributed by atoms with Crippen molar-refractivity contribution in [2.45, 2.75) is 0 Å².